The summed E-state index contributed by atoms with van der Waals surface area (Å²) in [5.41, 5.74) is 0. The van der Waals surface area contributed by atoms with Crippen LogP contribution in [0, 0.1) is 62.3 Å². The van der Waals surface area contributed by atoms with Crippen molar-refractivity contribution in [3.8, 4) is 12.3 Å². The van der Waals surface area contributed by atoms with Gasteiger partial charge in [-0.25, -0.2) is 0 Å². The predicted octanol–water partition coefficient (Wildman–Crippen LogP) is 0.727. The van der Waals surface area contributed by atoms with Crippen LogP contribution in [0.3, 0.4) is 0 Å². The summed E-state index contributed by atoms with van der Waals surface area (Å²) in [7, 11) is 3.77. The molecule has 0 aliphatic carbocycles. The molecule has 1 aliphatic rings. The van der Waals surface area contributed by atoms with E-state index in [4.69, 9.17) is 11.2 Å². The number of hydrogen-bond acceptors (Lipinski definition) is 3. The van der Waals surface area contributed by atoms with Gasteiger partial charge in [0.05, 0.1) is 12.2 Å². The molecule has 89 valence electrons. The molecule has 0 bridgehead atoms. The van der Waals surface area contributed by atoms with Crippen LogP contribution in [-0.4, -0.2) is 49.5 Å². The van der Waals surface area contributed by atoms with Gasteiger partial charge in [0.25, 0.3) is 0 Å². The van der Waals surface area contributed by atoms with Crippen LogP contribution in [0.1, 0.15) is 19.3 Å². The Kier molecular flexibility index (Phi) is 9.39. The van der Waals surface area contributed by atoms with E-state index in [9.17, 15) is 5.11 Å². The molecule has 0 spiro atoms. The Bertz CT molecular complexity index is 230. The first-order valence-corrected chi connectivity index (χ1v) is 5.52. The van der Waals surface area contributed by atoms with Crippen molar-refractivity contribution in [1.29, 1.82) is 0 Å². The monoisotopic (exact) mass is 438 g/mol. The summed E-state index contributed by atoms with van der Waals surface area (Å²) < 4.78 is 5.43. The second-order valence-corrected chi connectivity index (χ2v) is 4.30. The van der Waals surface area contributed by atoms with Crippen molar-refractivity contribution in [3.63, 3.8) is 0 Å². The van der Waals surface area contributed by atoms with Crippen LogP contribution in [0.4, 0.5) is 0 Å². The number of likely N-dealkylation sites (tertiary alicyclic amines) is 1. The van der Waals surface area contributed by atoms with Crippen LogP contribution in [0.25, 0.3) is 0 Å². The molecular weight excluding hydrogens is 417 g/mol. The van der Waals surface area contributed by atoms with Crippen molar-refractivity contribution in [1.82, 2.24) is 4.90 Å². The molecule has 0 amide bonds. The summed E-state index contributed by atoms with van der Waals surface area (Å²) in [5.74, 6) is 2.82. The molecule has 1 fully saturated rings. The van der Waals surface area contributed by atoms with Crippen molar-refractivity contribution < 1.29 is 53.9 Å². The number of methoxy groups -OCH3 is 1. The van der Waals surface area contributed by atoms with Crippen LogP contribution in [0.15, 0.2) is 0 Å². The van der Waals surface area contributed by atoms with Crippen LogP contribution < -0.4 is 0 Å². The Hall–Kier alpha value is 0.882. The third-order valence-corrected chi connectivity index (χ3v) is 3.18. The molecule has 1 N–H and O–H groups in total. The fourth-order valence-electron chi connectivity index (χ4n) is 2.24. The normalized spacial score (nSPS) is 27.9. The van der Waals surface area contributed by atoms with Gasteiger partial charge in [0.1, 0.15) is 0 Å². The molecule has 1 rings (SSSR count). The summed E-state index contributed by atoms with van der Waals surface area (Å²) in [4.78, 5) is 2.24. The summed E-state index contributed by atoms with van der Waals surface area (Å²) in [5, 5.41) is 9.93. The molecule has 0 aromatic carbocycles. The second-order valence-electron chi connectivity index (χ2n) is 4.30. The zero-order valence-electron chi connectivity index (χ0n) is 10.2. The van der Waals surface area contributed by atoms with Gasteiger partial charge in [0.15, 0.2) is 0 Å². The van der Waals surface area contributed by atoms with Crippen molar-refractivity contribution in [2.24, 2.45) is 5.92 Å². The molecule has 4 heteroatoms. The predicted molar refractivity (Wildman–Crippen MR) is 60.5 cm³/mol. The summed E-state index contributed by atoms with van der Waals surface area (Å²) in [6.07, 6.45) is 7.46. The number of aliphatic hydroxyl groups is 1. The maximum Gasteiger partial charge on any atom is 0.0645 e. The maximum absolute atomic E-state index is 9.93. The molecule has 3 nitrogen and oxygen atoms in total. The van der Waals surface area contributed by atoms with Crippen molar-refractivity contribution in [2.45, 2.75) is 31.5 Å². The second kappa shape index (κ2) is 8.90. The average molecular weight is 438 g/mol. The van der Waals surface area contributed by atoms with Crippen molar-refractivity contribution >= 4 is 0 Å². The largest absolute Gasteiger partial charge is 0.393 e. The van der Waals surface area contributed by atoms with Crippen LogP contribution in [0.2, 0.25) is 0 Å². The molecule has 1 radical (unpaired) electrons. The number of piperidine rings is 1. The molecular formula is C12H21AcNO2. The Morgan fingerprint density at radius 3 is 2.88 bits per heavy atom. The van der Waals surface area contributed by atoms with E-state index in [0.29, 0.717) is 6.42 Å². The van der Waals surface area contributed by atoms with Gasteiger partial charge in [-0.15, -0.1) is 12.3 Å². The van der Waals surface area contributed by atoms with Crippen LogP contribution in [-0.2, 0) is 4.74 Å². The third-order valence-electron chi connectivity index (χ3n) is 3.18. The molecule has 1 aliphatic heterocycles. The summed E-state index contributed by atoms with van der Waals surface area (Å²) in [6, 6.07) is 0. The minimum Gasteiger partial charge on any atom is -0.393 e. The van der Waals surface area contributed by atoms with E-state index in [-0.39, 0.29) is 62.2 Å². The number of aliphatic hydroxyl groups excluding tert-OH is 1. The Balaban J connectivity index is 0.00000225. The van der Waals surface area contributed by atoms with Gasteiger partial charge in [-0.05, 0) is 19.9 Å². The quantitative estimate of drug-likeness (QED) is 0.658. The average Bonchev–Trinajstić information content (AvgIpc) is 2.24. The molecule has 3 unspecified atom stereocenters. The molecule has 0 saturated carbocycles. The van der Waals surface area contributed by atoms with Crippen molar-refractivity contribution in [2.75, 3.05) is 27.2 Å². The van der Waals surface area contributed by atoms with E-state index >= 15 is 0 Å². The Morgan fingerprint density at radius 2 is 2.31 bits per heavy atom. The zero-order chi connectivity index (χ0) is 11.3. The van der Waals surface area contributed by atoms with E-state index in [1.165, 1.54) is 0 Å². The smallest absolute Gasteiger partial charge is 0.0645 e. The van der Waals surface area contributed by atoms with E-state index in [2.05, 4.69) is 17.9 Å². The molecule has 16 heavy (non-hydrogen) atoms. The Morgan fingerprint density at radius 1 is 1.62 bits per heavy atom. The first-order chi connectivity index (χ1) is 7.19. The summed E-state index contributed by atoms with van der Waals surface area (Å²) in [6.45, 7) is 1.85. The fraction of sp³-hybridized carbons (Fsp3) is 0.833. The van der Waals surface area contributed by atoms with Crippen LogP contribution >= 0.6 is 0 Å². The Labute approximate surface area is 134 Å². The van der Waals surface area contributed by atoms with E-state index in [1.807, 2.05) is 0 Å². The van der Waals surface area contributed by atoms with E-state index < -0.39 is 0 Å². The summed E-state index contributed by atoms with van der Waals surface area (Å²) >= 11 is 0. The first-order valence-electron chi connectivity index (χ1n) is 5.52. The number of ether oxygens (including phenoxy) is 1. The minimum atomic E-state index is -0.246. The number of rotatable bonds is 4. The maximum atomic E-state index is 9.93. The standard InChI is InChI=1S/C12H21NO2.Ac/c1-4-5-6-12(15-3)10-9-13(2)8-7-11(10)14;/h1,10-12,14H,5-9H2,2-3H3;. The SMILES string of the molecule is C#CCCC(OC)C1CN(C)CCC1O.[Ac]. The van der Waals surface area contributed by atoms with Gasteiger partial charge in [0.2, 0.25) is 0 Å². The van der Waals surface area contributed by atoms with E-state index in [1.54, 1.807) is 7.11 Å². The molecule has 0 aromatic heterocycles. The van der Waals surface area contributed by atoms with Gasteiger partial charge < -0.3 is 14.7 Å². The van der Waals surface area contributed by atoms with Gasteiger partial charge >= 0.3 is 0 Å². The zero-order valence-corrected chi connectivity index (χ0v) is 15.0. The molecule has 1 saturated heterocycles. The van der Waals surface area contributed by atoms with Gasteiger partial charge in [-0.2, -0.15) is 0 Å². The third kappa shape index (κ3) is 5.03. The van der Waals surface area contributed by atoms with Crippen LogP contribution in [0.5, 0.6) is 0 Å². The molecule has 3 atom stereocenters. The minimum absolute atomic E-state index is 0. The fourth-order valence-corrected chi connectivity index (χ4v) is 2.24. The van der Waals surface area contributed by atoms with Gasteiger partial charge in [-0.3, -0.25) is 0 Å². The molecule has 1 heterocycles. The number of terminal acetylenes is 1. The van der Waals surface area contributed by atoms with Crippen molar-refractivity contribution in [3.05, 3.63) is 0 Å². The number of hydrogen-bond donors (Lipinski definition) is 1. The van der Waals surface area contributed by atoms with Gasteiger partial charge in [-0.1, -0.05) is 0 Å². The topological polar surface area (TPSA) is 32.7 Å². The number of nitrogens with zero attached hydrogens (tertiary/aromatic N) is 1. The van der Waals surface area contributed by atoms with E-state index in [0.717, 1.165) is 25.9 Å². The first kappa shape index (κ1) is 16.9. The molecule has 0 aromatic rings. The van der Waals surface area contributed by atoms with Gasteiger partial charge in [0, 0.05) is 76.6 Å².